The van der Waals surface area contributed by atoms with Gasteiger partial charge in [0.05, 0.1) is 6.54 Å². The molecule has 1 aromatic carbocycles. The summed E-state index contributed by atoms with van der Waals surface area (Å²) in [7, 11) is 1.72. The van der Waals surface area contributed by atoms with Crippen molar-refractivity contribution < 1.29 is 9.53 Å². The van der Waals surface area contributed by atoms with E-state index in [1.54, 1.807) is 18.9 Å². The second kappa shape index (κ2) is 6.50. The quantitative estimate of drug-likeness (QED) is 0.757. The predicted molar refractivity (Wildman–Crippen MR) is 69.6 cm³/mol. The van der Waals surface area contributed by atoms with Crippen LogP contribution in [0.4, 0.5) is 0 Å². The molecular formula is C13H18ClNO2. The Morgan fingerprint density at radius 3 is 2.82 bits per heavy atom. The van der Waals surface area contributed by atoms with Gasteiger partial charge in [0.2, 0.25) is 5.91 Å². The first-order chi connectivity index (χ1) is 8.00. The van der Waals surface area contributed by atoms with Crippen LogP contribution in [-0.2, 0) is 4.79 Å². The van der Waals surface area contributed by atoms with Crippen molar-refractivity contribution in [2.45, 2.75) is 19.2 Å². The van der Waals surface area contributed by atoms with Gasteiger partial charge in [0.1, 0.15) is 17.7 Å². The van der Waals surface area contributed by atoms with Crippen LogP contribution >= 0.6 is 11.6 Å². The van der Waals surface area contributed by atoms with Gasteiger partial charge in [-0.1, -0.05) is 12.1 Å². The number of nitrogens with zero attached hydrogens (tertiary/aromatic N) is 1. The number of hydrogen-bond donors (Lipinski definition) is 0. The molecule has 0 aromatic heterocycles. The molecule has 3 nitrogen and oxygen atoms in total. The average molecular weight is 256 g/mol. The lowest BCUT2D eigenvalue weighted by molar-refractivity contribution is -0.129. The van der Waals surface area contributed by atoms with E-state index < -0.39 is 5.38 Å². The number of carbonyl (C=O) groups excluding carboxylic acids is 1. The van der Waals surface area contributed by atoms with Gasteiger partial charge in [-0.05, 0) is 31.5 Å². The van der Waals surface area contributed by atoms with Crippen molar-refractivity contribution in [1.29, 1.82) is 0 Å². The third-order valence-corrected chi connectivity index (χ3v) is 2.59. The van der Waals surface area contributed by atoms with Gasteiger partial charge >= 0.3 is 0 Å². The number of benzene rings is 1. The van der Waals surface area contributed by atoms with Gasteiger partial charge in [-0.15, -0.1) is 11.6 Å². The largest absolute Gasteiger partial charge is 0.492 e. The van der Waals surface area contributed by atoms with Crippen LogP contribution in [0.2, 0.25) is 0 Å². The van der Waals surface area contributed by atoms with Crippen LogP contribution < -0.4 is 4.74 Å². The maximum Gasteiger partial charge on any atom is 0.240 e. The third kappa shape index (κ3) is 4.65. The van der Waals surface area contributed by atoms with E-state index in [0.717, 1.165) is 11.3 Å². The molecule has 0 N–H and O–H groups in total. The van der Waals surface area contributed by atoms with E-state index in [-0.39, 0.29) is 5.91 Å². The zero-order valence-electron chi connectivity index (χ0n) is 10.4. The summed E-state index contributed by atoms with van der Waals surface area (Å²) in [5.74, 6) is 0.740. The summed E-state index contributed by atoms with van der Waals surface area (Å²) < 4.78 is 5.55. The fraction of sp³-hybridized carbons (Fsp3) is 0.462. The van der Waals surface area contributed by atoms with E-state index in [1.807, 2.05) is 31.2 Å². The Bertz CT molecular complexity index is 379. The molecule has 0 aliphatic rings. The van der Waals surface area contributed by atoms with Gasteiger partial charge < -0.3 is 9.64 Å². The summed E-state index contributed by atoms with van der Waals surface area (Å²) in [5.41, 5.74) is 1.15. The lowest BCUT2D eigenvalue weighted by atomic mass is 10.2. The maximum absolute atomic E-state index is 11.5. The van der Waals surface area contributed by atoms with Gasteiger partial charge in [0.15, 0.2) is 0 Å². The molecule has 17 heavy (non-hydrogen) atoms. The minimum Gasteiger partial charge on any atom is -0.492 e. The van der Waals surface area contributed by atoms with Gasteiger partial charge in [-0.2, -0.15) is 0 Å². The molecular weight excluding hydrogens is 238 g/mol. The molecule has 94 valence electrons. The molecule has 0 saturated heterocycles. The number of ether oxygens (including phenoxy) is 1. The highest BCUT2D eigenvalue weighted by atomic mass is 35.5. The van der Waals surface area contributed by atoms with Crippen LogP contribution in [-0.4, -0.2) is 36.4 Å². The van der Waals surface area contributed by atoms with Gasteiger partial charge in [0.25, 0.3) is 0 Å². The van der Waals surface area contributed by atoms with Crippen LogP contribution in [0.5, 0.6) is 5.75 Å². The van der Waals surface area contributed by atoms with Gasteiger partial charge in [-0.3, -0.25) is 4.79 Å². The monoisotopic (exact) mass is 255 g/mol. The Hall–Kier alpha value is -1.22. The van der Waals surface area contributed by atoms with Crippen molar-refractivity contribution >= 4 is 17.5 Å². The lowest BCUT2D eigenvalue weighted by Gasteiger charge is -2.18. The number of hydrogen-bond acceptors (Lipinski definition) is 2. The fourth-order valence-electron chi connectivity index (χ4n) is 1.42. The molecule has 0 aliphatic heterocycles. The summed E-state index contributed by atoms with van der Waals surface area (Å²) in [6.07, 6.45) is 0. The summed E-state index contributed by atoms with van der Waals surface area (Å²) in [6, 6.07) is 7.82. The highest BCUT2D eigenvalue weighted by molar-refractivity contribution is 6.30. The number of amides is 1. The minimum atomic E-state index is -0.487. The number of halogens is 1. The van der Waals surface area contributed by atoms with Crippen molar-refractivity contribution in [2.24, 2.45) is 0 Å². The number of likely N-dealkylation sites (N-methyl/N-ethyl adjacent to an activating group) is 1. The smallest absolute Gasteiger partial charge is 0.240 e. The fourth-order valence-corrected chi connectivity index (χ4v) is 1.59. The molecule has 0 aliphatic carbocycles. The van der Waals surface area contributed by atoms with Crippen molar-refractivity contribution in [1.82, 2.24) is 4.90 Å². The van der Waals surface area contributed by atoms with Crippen molar-refractivity contribution in [2.75, 3.05) is 20.2 Å². The number of alkyl halides is 1. The van der Waals surface area contributed by atoms with Crippen LogP contribution in [0.1, 0.15) is 12.5 Å². The maximum atomic E-state index is 11.5. The molecule has 1 atom stereocenters. The zero-order chi connectivity index (χ0) is 12.8. The Morgan fingerprint density at radius 1 is 1.53 bits per heavy atom. The minimum absolute atomic E-state index is 0.0838. The van der Waals surface area contributed by atoms with Crippen LogP contribution in [0, 0.1) is 6.92 Å². The SMILES string of the molecule is Cc1cccc(OCCN(C)C(=O)C(C)Cl)c1. The van der Waals surface area contributed by atoms with E-state index >= 15 is 0 Å². The first-order valence-corrected chi connectivity index (χ1v) is 6.03. The Balaban J connectivity index is 2.35. The zero-order valence-corrected chi connectivity index (χ0v) is 11.2. The Morgan fingerprint density at radius 2 is 2.24 bits per heavy atom. The number of carbonyl (C=O) groups is 1. The number of rotatable bonds is 5. The molecule has 0 spiro atoms. The molecule has 0 heterocycles. The second-order valence-electron chi connectivity index (χ2n) is 4.04. The van der Waals surface area contributed by atoms with Crippen molar-refractivity contribution in [3.63, 3.8) is 0 Å². The highest BCUT2D eigenvalue weighted by Gasteiger charge is 2.14. The van der Waals surface area contributed by atoms with E-state index in [4.69, 9.17) is 16.3 Å². The molecule has 1 unspecified atom stereocenters. The lowest BCUT2D eigenvalue weighted by Crippen LogP contribution is -2.35. The van der Waals surface area contributed by atoms with Crippen LogP contribution in [0.15, 0.2) is 24.3 Å². The third-order valence-electron chi connectivity index (χ3n) is 2.40. The summed E-state index contributed by atoms with van der Waals surface area (Å²) >= 11 is 5.71. The number of aryl methyl sites for hydroxylation is 1. The van der Waals surface area contributed by atoms with E-state index in [1.165, 1.54) is 0 Å². The average Bonchev–Trinajstić information content (AvgIpc) is 2.27. The molecule has 1 rings (SSSR count). The molecule has 4 heteroatoms. The van der Waals surface area contributed by atoms with E-state index in [9.17, 15) is 4.79 Å². The molecule has 0 fully saturated rings. The molecule has 1 aromatic rings. The van der Waals surface area contributed by atoms with Gasteiger partial charge in [-0.25, -0.2) is 0 Å². The first-order valence-electron chi connectivity index (χ1n) is 5.59. The van der Waals surface area contributed by atoms with Crippen molar-refractivity contribution in [3.05, 3.63) is 29.8 Å². The van der Waals surface area contributed by atoms with E-state index in [2.05, 4.69) is 0 Å². The molecule has 0 saturated carbocycles. The summed E-state index contributed by atoms with van der Waals surface area (Å²) in [4.78, 5) is 13.1. The molecule has 0 bridgehead atoms. The molecule has 0 radical (unpaired) electrons. The normalized spacial score (nSPS) is 12.0. The standard InChI is InChI=1S/C13H18ClNO2/c1-10-5-4-6-12(9-10)17-8-7-15(3)13(16)11(2)14/h4-6,9,11H,7-8H2,1-3H3. The topological polar surface area (TPSA) is 29.5 Å². The molecule has 1 amide bonds. The summed E-state index contributed by atoms with van der Waals surface area (Å²) in [6.45, 7) is 4.68. The summed E-state index contributed by atoms with van der Waals surface area (Å²) in [5, 5.41) is -0.487. The van der Waals surface area contributed by atoms with Crippen molar-refractivity contribution in [3.8, 4) is 5.75 Å². The highest BCUT2D eigenvalue weighted by Crippen LogP contribution is 2.12. The van der Waals surface area contributed by atoms with Gasteiger partial charge in [0, 0.05) is 7.05 Å². The Labute approximate surface area is 107 Å². The van der Waals surface area contributed by atoms with Crippen LogP contribution in [0.3, 0.4) is 0 Å². The Kier molecular flexibility index (Phi) is 5.29. The van der Waals surface area contributed by atoms with Crippen LogP contribution in [0.25, 0.3) is 0 Å². The second-order valence-corrected chi connectivity index (χ2v) is 4.70. The first kappa shape index (κ1) is 13.8. The predicted octanol–water partition coefficient (Wildman–Crippen LogP) is 2.46. The van der Waals surface area contributed by atoms with E-state index in [0.29, 0.717) is 13.2 Å².